The van der Waals surface area contributed by atoms with Crippen molar-refractivity contribution in [1.29, 1.82) is 0 Å². The van der Waals surface area contributed by atoms with E-state index >= 15 is 0 Å². The van der Waals surface area contributed by atoms with Crippen LogP contribution in [0.4, 0.5) is 0 Å². The highest BCUT2D eigenvalue weighted by atomic mass is 16.5. The van der Waals surface area contributed by atoms with Crippen molar-refractivity contribution in [2.45, 2.75) is 19.4 Å². The molecule has 1 heterocycles. The van der Waals surface area contributed by atoms with Crippen molar-refractivity contribution in [2.24, 2.45) is 16.8 Å². The summed E-state index contributed by atoms with van der Waals surface area (Å²) in [5.41, 5.74) is 5.43. The monoisotopic (exact) mass is 215 g/mol. The van der Waals surface area contributed by atoms with Crippen molar-refractivity contribution >= 4 is 11.7 Å². The molecule has 0 aromatic carbocycles. The number of nitrogens with zero attached hydrogens (tertiary/aromatic N) is 2. The first-order valence-corrected chi connectivity index (χ1v) is 4.89. The SMILES string of the molecule is CC(C(N)=NO)N(C)C(=O)C1CCOC1. The molecule has 1 rings (SSSR count). The lowest BCUT2D eigenvalue weighted by atomic mass is 10.1. The Morgan fingerprint density at radius 1 is 1.73 bits per heavy atom. The van der Waals surface area contributed by atoms with Gasteiger partial charge in [-0.1, -0.05) is 5.16 Å². The van der Waals surface area contributed by atoms with Gasteiger partial charge in [-0.25, -0.2) is 0 Å². The summed E-state index contributed by atoms with van der Waals surface area (Å²) in [4.78, 5) is 13.3. The normalized spacial score (nSPS) is 23.9. The Morgan fingerprint density at radius 2 is 2.40 bits per heavy atom. The van der Waals surface area contributed by atoms with E-state index in [1.807, 2.05) is 0 Å². The molecule has 0 aromatic rings. The average Bonchev–Trinajstić information content (AvgIpc) is 2.78. The summed E-state index contributed by atoms with van der Waals surface area (Å²) in [6, 6.07) is -0.400. The summed E-state index contributed by atoms with van der Waals surface area (Å²) in [7, 11) is 1.64. The van der Waals surface area contributed by atoms with Crippen molar-refractivity contribution in [3.63, 3.8) is 0 Å². The van der Waals surface area contributed by atoms with Crippen LogP contribution < -0.4 is 5.73 Å². The Kier molecular flexibility index (Phi) is 3.90. The Morgan fingerprint density at radius 3 is 2.87 bits per heavy atom. The fourth-order valence-electron chi connectivity index (χ4n) is 1.49. The highest BCUT2D eigenvalue weighted by Gasteiger charge is 2.29. The van der Waals surface area contributed by atoms with Crippen LogP contribution in [-0.2, 0) is 9.53 Å². The number of nitrogens with two attached hydrogens (primary N) is 1. The second-order valence-corrected chi connectivity index (χ2v) is 3.71. The average molecular weight is 215 g/mol. The van der Waals surface area contributed by atoms with Gasteiger partial charge in [0.2, 0.25) is 5.91 Å². The third-order valence-corrected chi connectivity index (χ3v) is 2.75. The molecule has 2 unspecified atom stereocenters. The number of rotatable bonds is 3. The van der Waals surface area contributed by atoms with Crippen LogP contribution in [0.1, 0.15) is 13.3 Å². The first-order chi connectivity index (χ1) is 7.07. The van der Waals surface area contributed by atoms with Gasteiger partial charge in [0.25, 0.3) is 0 Å². The second-order valence-electron chi connectivity index (χ2n) is 3.71. The number of hydrogen-bond donors (Lipinski definition) is 2. The van der Waals surface area contributed by atoms with Crippen molar-refractivity contribution in [1.82, 2.24) is 4.90 Å². The Bertz CT molecular complexity index is 261. The van der Waals surface area contributed by atoms with Gasteiger partial charge in [0.15, 0.2) is 5.84 Å². The predicted molar refractivity (Wildman–Crippen MR) is 54.6 cm³/mol. The van der Waals surface area contributed by atoms with Crippen LogP contribution in [0.25, 0.3) is 0 Å². The van der Waals surface area contributed by atoms with Crippen LogP contribution in [0, 0.1) is 5.92 Å². The van der Waals surface area contributed by atoms with Crippen molar-refractivity contribution in [3.05, 3.63) is 0 Å². The van der Waals surface area contributed by atoms with Crippen LogP contribution in [0.15, 0.2) is 5.16 Å². The van der Waals surface area contributed by atoms with E-state index < -0.39 is 6.04 Å². The first kappa shape index (κ1) is 11.8. The topological polar surface area (TPSA) is 88.2 Å². The van der Waals surface area contributed by atoms with E-state index in [4.69, 9.17) is 15.7 Å². The minimum Gasteiger partial charge on any atom is -0.409 e. The third kappa shape index (κ3) is 2.59. The standard InChI is InChI=1S/C9H17N3O3/c1-6(8(10)11-14)12(2)9(13)7-3-4-15-5-7/h6-7,14H,3-5H2,1-2H3,(H2,10,11). The smallest absolute Gasteiger partial charge is 0.228 e. The number of ether oxygens (including phenoxy) is 1. The second kappa shape index (κ2) is 4.97. The van der Waals surface area contributed by atoms with Crippen LogP contribution in [0.2, 0.25) is 0 Å². The highest BCUT2D eigenvalue weighted by Crippen LogP contribution is 2.16. The lowest BCUT2D eigenvalue weighted by Crippen LogP contribution is -2.46. The van der Waals surface area contributed by atoms with Gasteiger partial charge in [0.05, 0.1) is 18.6 Å². The maximum atomic E-state index is 11.9. The van der Waals surface area contributed by atoms with Crippen LogP contribution >= 0.6 is 0 Å². The molecule has 1 aliphatic heterocycles. The van der Waals surface area contributed by atoms with E-state index in [0.717, 1.165) is 6.42 Å². The van der Waals surface area contributed by atoms with E-state index in [0.29, 0.717) is 13.2 Å². The number of likely N-dealkylation sites (N-methyl/N-ethyl adjacent to an activating group) is 1. The van der Waals surface area contributed by atoms with Gasteiger partial charge < -0.3 is 20.6 Å². The quantitative estimate of drug-likeness (QED) is 0.290. The number of hydrogen-bond acceptors (Lipinski definition) is 4. The summed E-state index contributed by atoms with van der Waals surface area (Å²) < 4.78 is 5.14. The molecule has 3 N–H and O–H groups in total. The summed E-state index contributed by atoms with van der Waals surface area (Å²) in [6.07, 6.45) is 0.742. The molecule has 1 fully saturated rings. The van der Waals surface area contributed by atoms with Crippen molar-refractivity contribution in [3.8, 4) is 0 Å². The summed E-state index contributed by atoms with van der Waals surface area (Å²) >= 11 is 0. The minimum atomic E-state index is -0.400. The Hall–Kier alpha value is -1.30. The largest absolute Gasteiger partial charge is 0.409 e. The van der Waals surface area contributed by atoms with Crippen LogP contribution in [0.3, 0.4) is 0 Å². The zero-order chi connectivity index (χ0) is 11.4. The van der Waals surface area contributed by atoms with Gasteiger partial charge in [-0.2, -0.15) is 0 Å². The van der Waals surface area contributed by atoms with Gasteiger partial charge in [-0.3, -0.25) is 4.79 Å². The number of amidine groups is 1. The molecule has 15 heavy (non-hydrogen) atoms. The zero-order valence-electron chi connectivity index (χ0n) is 9.01. The number of amides is 1. The van der Waals surface area contributed by atoms with E-state index in [-0.39, 0.29) is 17.7 Å². The maximum Gasteiger partial charge on any atom is 0.228 e. The molecule has 86 valence electrons. The molecule has 0 bridgehead atoms. The fourth-order valence-corrected chi connectivity index (χ4v) is 1.49. The molecule has 6 heteroatoms. The van der Waals surface area contributed by atoms with E-state index in [9.17, 15) is 4.79 Å². The first-order valence-electron chi connectivity index (χ1n) is 4.89. The highest BCUT2D eigenvalue weighted by molar-refractivity contribution is 5.90. The fraction of sp³-hybridized carbons (Fsp3) is 0.778. The van der Waals surface area contributed by atoms with Crippen molar-refractivity contribution in [2.75, 3.05) is 20.3 Å². The zero-order valence-corrected chi connectivity index (χ0v) is 9.01. The third-order valence-electron chi connectivity index (χ3n) is 2.75. The predicted octanol–water partition coefficient (Wildman–Crippen LogP) is -0.384. The lowest BCUT2D eigenvalue weighted by Gasteiger charge is -2.25. The molecular weight excluding hydrogens is 198 g/mol. The molecule has 0 aromatic heterocycles. The lowest BCUT2D eigenvalue weighted by molar-refractivity contribution is -0.134. The van der Waals surface area contributed by atoms with E-state index in [1.54, 1.807) is 14.0 Å². The summed E-state index contributed by atoms with van der Waals surface area (Å²) in [5.74, 6) is -0.0830. The molecule has 6 nitrogen and oxygen atoms in total. The molecule has 0 saturated carbocycles. The minimum absolute atomic E-state index is 0.0217. The maximum absolute atomic E-state index is 11.9. The molecule has 1 saturated heterocycles. The van der Waals surface area contributed by atoms with Gasteiger partial charge in [-0.15, -0.1) is 0 Å². The molecule has 1 aliphatic rings. The van der Waals surface area contributed by atoms with E-state index in [2.05, 4.69) is 5.16 Å². The molecule has 2 atom stereocenters. The molecule has 1 amide bonds. The Labute approximate surface area is 88.7 Å². The van der Waals surface area contributed by atoms with Crippen LogP contribution in [0.5, 0.6) is 0 Å². The van der Waals surface area contributed by atoms with Crippen LogP contribution in [-0.4, -0.2) is 48.2 Å². The van der Waals surface area contributed by atoms with E-state index in [1.165, 1.54) is 4.90 Å². The summed E-state index contributed by atoms with van der Waals surface area (Å²) in [6.45, 7) is 2.80. The number of carbonyl (C=O) groups is 1. The van der Waals surface area contributed by atoms with Gasteiger partial charge in [0, 0.05) is 13.7 Å². The summed E-state index contributed by atoms with van der Waals surface area (Å²) in [5, 5.41) is 11.4. The van der Waals surface area contributed by atoms with Crippen molar-refractivity contribution < 1.29 is 14.7 Å². The number of oxime groups is 1. The van der Waals surface area contributed by atoms with Gasteiger partial charge in [-0.05, 0) is 13.3 Å². The molecule has 0 radical (unpaired) electrons. The van der Waals surface area contributed by atoms with Gasteiger partial charge in [0.1, 0.15) is 0 Å². The molecule has 0 aliphatic carbocycles. The molecule has 0 spiro atoms. The van der Waals surface area contributed by atoms with Gasteiger partial charge >= 0.3 is 0 Å². The molecular formula is C9H17N3O3. The number of carbonyl (C=O) groups excluding carboxylic acids is 1. The Balaban J connectivity index is 2.58.